The zero-order valence-corrected chi connectivity index (χ0v) is 18.6. The molecule has 0 spiro atoms. The molecule has 10 nitrogen and oxygen atoms in total. The molecule has 2 bridgehead atoms. The number of aromatic nitrogens is 4. The Kier molecular flexibility index (Phi) is 5.07. The summed E-state index contributed by atoms with van der Waals surface area (Å²) in [7, 11) is 0. The van der Waals surface area contributed by atoms with E-state index in [4.69, 9.17) is 10.1 Å². The lowest BCUT2D eigenvalue weighted by Crippen LogP contribution is -2.55. The monoisotopic (exact) mass is 436 g/mol. The fourth-order valence-electron chi connectivity index (χ4n) is 4.74. The number of amides is 1. The summed E-state index contributed by atoms with van der Waals surface area (Å²) in [6, 6.07) is 2.15. The van der Waals surface area contributed by atoms with Gasteiger partial charge in [0.1, 0.15) is 36.4 Å². The summed E-state index contributed by atoms with van der Waals surface area (Å²) in [5.41, 5.74) is 1.55. The number of carbonyl (C=O) groups excluding carboxylic acids is 1. The quantitative estimate of drug-likeness (QED) is 0.752. The number of rotatable bonds is 4. The lowest BCUT2D eigenvalue weighted by molar-refractivity contribution is -0.122. The zero-order valence-electron chi connectivity index (χ0n) is 18.6. The van der Waals surface area contributed by atoms with Crippen molar-refractivity contribution >= 4 is 23.1 Å². The minimum absolute atomic E-state index is 0.0604. The van der Waals surface area contributed by atoms with Gasteiger partial charge in [-0.25, -0.2) is 14.6 Å². The van der Waals surface area contributed by atoms with Crippen LogP contribution in [0.1, 0.15) is 51.0 Å². The Hall–Kier alpha value is -3.43. The summed E-state index contributed by atoms with van der Waals surface area (Å²) in [6.07, 6.45) is 6.98. The standard InChI is InChI=1S/C22H28N8O2/c1-13(2)30-21(26-12-27-30)14(3)11-28-6-7-32-18-8-19(24-10-16(18)20(28)23)29-15-4-5-17(29)22(31)25-9-15/h8,10-13,15,17,23H,4-7,9H2,1-3H3,(H,25,31)/b14-11+,23-20?. The van der Waals surface area contributed by atoms with Crippen LogP contribution >= 0.6 is 0 Å². The zero-order chi connectivity index (χ0) is 22.4. The molecule has 2 unspecified atom stereocenters. The molecule has 2 aromatic heterocycles. The molecular weight excluding hydrogens is 408 g/mol. The average Bonchev–Trinajstić information content (AvgIpc) is 3.36. The van der Waals surface area contributed by atoms with Crippen LogP contribution in [0, 0.1) is 5.41 Å². The first-order valence-electron chi connectivity index (χ1n) is 11.1. The van der Waals surface area contributed by atoms with Crippen molar-refractivity contribution in [2.24, 2.45) is 0 Å². The summed E-state index contributed by atoms with van der Waals surface area (Å²) >= 11 is 0. The Morgan fingerprint density at radius 3 is 3.00 bits per heavy atom. The van der Waals surface area contributed by atoms with Gasteiger partial charge >= 0.3 is 0 Å². The summed E-state index contributed by atoms with van der Waals surface area (Å²) in [4.78, 5) is 25.3. The highest BCUT2D eigenvalue weighted by Crippen LogP contribution is 2.35. The van der Waals surface area contributed by atoms with E-state index in [2.05, 4.69) is 39.1 Å². The maximum atomic E-state index is 12.3. The van der Waals surface area contributed by atoms with E-state index < -0.39 is 0 Å². The number of ether oxygens (including phenoxy) is 1. The van der Waals surface area contributed by atoms with Crippen molar-refractivity contribution in [3.8, 4) is 5.75 Å². The van der Waals surface area contributed by atoms with E-state index in [1.54, 1.807) is 12.5 Å². The van der Waals surface area contributed by atoms with E-state index in [1.807, 2.05) is 28.8 Å². The molecule has 32 heavy (non-hydrogen) atoms. The molecule has 2 aromatic rings. The number of fused-ring (bicyclic) bond motifs is 3. The third kappa shape index (κ3) is 3.39. The van der Waals surface area contributed by atoms with E-state index in [1.165, 1.54) is 0 Å². The van der Waals surface area contributed by atoms with Gasteiger partial charge in [-0.2, -0.15) is 5.10 Å². The Bertz CT molecular complexity index is 1090. The van der Waals surface area contributed by atoms with Gasteiger partial charge in [0, 0.05) is 42.7 Å². The predicted molar refractivity (Wildman–Crippen MR) is 120 cm³/mol. The number of piperazine rings is 1. The number of nitrogens with zero attached hydrogens (tertiary/aromatic N) is 6. The number of allylic oxidation sites excluding steroid dienone is 1. The van der Waals surface area contributed by atoms with Crippen LogP contribution in [0.15, 0.2) is 24.8 Å². The summed E-state index contributed by atoms with van der Waals surface area (Å²) in [5.74, 6) is 2.54. The molecule has 1 amide bonds. The SMILES string of the molecule is C/C(=C\N1CCOc2cc(N3C4CCC3C(=O)NC4)ncc2C1=N)c1ncnn1C(C)C. The second kappa shape index (κ2) is 7.92. The van der Waals surface area contributed by atoms with Crippen molar-refractivity contribution in [2.45, 2.75) is 51.7 Å². The van der Waals surface area contributed by atoms with Gasteiger partial charge in [-0.05, 0) is 33.6 Å². The number of carbonyl (C=O) groups is 1. The van der Waals surface area contributed by atoms with Gasteiger partial charge in [0.2, 0.25) is 5.91 Å². The first kappa shape index (κ1) is 20.5. The maximum Gasteiger partial charge on any atom is 0.242 e. The number of nitrogens with one attached hydrogen (secondary N) is 2. The second-order valence-corrected chi connectivity index (χ2v) is 8.76. The Labute approximate surface area is 186 Å². The van der Waals surface area contributed by atoms with E-state index in [0.717, 1.165) is 30.1 Å². The van der Waals surface area contributed by atoms with Crippen LogP contribution < -0.4 is 15.0 Å². The third-order valence-electron chi connectivity index (χ3n) is 6.33. The highest BCUT2D eigenvalue weighted by Gasteiger charge is 2.42. The molecule has 10 heteroatoms. The second-order valence-electron chi connectivity index (χ2n) is 8.76. The van der Waals surface area contributed by atoms with Crippen LogP contribution in [-0.4, -0.2) is 68.2 Å². The van der Waals surface area contributed by atoms with Crippen LogP contribution in [0.25, 0.3) is 5.57 Å². The molecule has 2 atom stereocenters. The van der Waals surface area contributed by atoms with Crippen LogP contribution in [0.2, 0.25) is 0 Å². The largest absolute Gasteiger partial charge is 0.491 e. The average molecular weight is 437 g/mol. The van der Waals surface area contributed by atoms with Gasteiger partial charge in [-0.1, -0.05) is 0 Å². The highest BCUT2D eigenvalue weighted by molar-refractivity contribution is 6.00. The maximum absolute atomic E-state index is 12.3. The van der Waals surface area contributed by atoms with Gasteiger partial charge in [0.05, 0.1) is 12.1 Å². The van der Waals surface area contributed by atoms with Crippen LogP contribution in [0.3, 0.4) is 0 Å². The molecule has 5 heterocycles. The molecule has 2 N–H and O–H groups in total. The molecule has 0 aliphatic carbocycles. The Morgan fingerprint density at radius 2 is 2.19 bits per heavy atom. The van der Waals surface area contributed by atoms with Gasteiger partial charge < -0.3 is 19.9 Å². The molecule has 0 radical (unpaired) electrons. The van der Waals surface area contributed by atoms with Gasteiger partial charge in [0.15, 0.2) is 5.82 Å². The van der Waals surface area contributed by atoms with Crippen molar-refractivity contribution < 1.29 is 9.53 Å². The fourth-order valence-corrected chi connectivity index (χ4v) is 4.74. The van der Waals surface area contributed by atoms with Crippen molar-refractivity contribution in [3.05, 3.63) is 36.2 Å². The van der Waals surface area contributed by atoms with E-state index >= 15 is 0 Å². The topological polar surface area (TPSA) is 112 Å². The minimum atomic E-state index is -0.176. The van der Waals surface area contributed by atoms with Gasteiger partial charge in [-0.15, -0.1) is 0 Å². The number of anilines is 1. The van der Waals surface area contributed by atoms with Gasteiger partial charge in [-0.3, -0.25) is 10.2 Å². The van der Waals surface area contributed by atoms with Crippen molar-refractivity contribution in [3.63, 3.8) is 0 Å². The van der Waals surface area contributed by atoms with Crippen LogP contribution in [0.4, 0.5) is 5.82 Å². The molecule has 168 valence electrons. The molecule has 2 fully saturated rings. The number of amidine groups is 1. The minimum Gasteiger partial charge on any atom is -0.491 e. The molecule has 3 aliphatic heterocycles. The lowest BCUT2D eigenvalue weighted by atomic mass is 10.1. The van der Waals surface area contributed by atoms with Crippen molar-refractivity contribution in [1.29, 1.82) is 5.41 Å². The van der Waals surface area contributed by atoms with E-state index in [9.17, 15) is 4.79 Å². The summed E-state index contributed by atoms with van der Waals surface area (Å²) in [6.45, 7) is 7.71. The molecule has 3 aliphatic rings. The van der Waals surface area contributed by atoms with Crippen molar-refractivity contribution in [1.82, 2.24) is 30.0 Å². The van der Waals surface area contributed by atoms with E-state index in [-0.39, 0.29) is 24.0 Å². The first-order valence-corrected chi connectivity index (χ1v) is 11.1. The summed E-state index contributed by atoms with van der Waals surface area (Å²) < 4.78 is 7.89. The molecule has 2 saturated heterocycles. The first-order chi connectivity index (χ1) is 15.4. The number of hydrogen-bond acceptors (Lipinski definition) is 7. The molecule has 5 rings (SSSR count). The molecular formula is C22H28N8O2. The lowest BCUT2D eigenvalue weighted by Gasteiger charge is -2.35. The number of hydrogen-bond donors (Lipinski definition) is 2. The fraction of sp³-hybridized carbons (Fsp3) is 0.500. The van der Waals surface area contributed by atoms with Crippen molar-refractivity contribution in [2.75, 3.05) is 24.6 Å². The summed E-state index contributed by atoms with van der Waals surface area (Å²) in [5, 5.41) is 16.1. The molecule has 0 saturated carbocycles. The smallest absolute Gasteiger partial charge is 0.242 e. The predicted octanol–water partition coefficient (Wildman–Crippen LogP) is 1.80. The van der Waals surface area contributed by atoms with E-state index in [0.29, 0.717) is 36.8 Å². The Morgan fingerprint density at radius 1 is 1.34 bits per heavy atom. The normalized spacial score (nSPS) is 23.2. The highest BCUT2D eigenvalue weighted by atomic mass is 16.5. The van der Waals surface area contributed by atoms with Gasteiger partial charge in [0.25, 0.3) is 0 Å². The molecule has 0 aromatic carbocycles. The van der Waals surface area contributed by atoms with Crippen LogP contribution in [0.5, 0.6) is 5.75 Å². The number of pyridine rings is 1. The third-order valence-corrected chi connectivity index (χ3v) is 6.33. The van der Waals surface area contributed by atoms with Crippen LogP contribution in [-0.2, 0) is 4.79 Å². The Balaban J connectivity index is 1.42.